The molecule has 2 aromatic rings. The minimum atomic E-state index is -0.484. The van der Waals surface area contributed by atoms with Gasteiger partial charge in [0, 0.05) is 30.1 Å². The van der Waals surface area contributed by atoms with Gasteiger partial charge >= 0.3 is 0 Å². The summed E-state index contributed by atoms with van der Waals surface area (Å²) in [6.07, 6.45) is 1.68. The number of thioether (sulfide) groups is 2. The number of hydrogen-bond acceptors (Lipinski definition) is 7. The third-order valence-electron chi connectivity index (χ3n) is 4.32. The van der Waals surface area contributed by atoms with E-state index in [0.717, 1.165) is 32.7 Å². The van der Waals surface area contributed by atoms with E-state index in [-0.39, 0.29) is 41.6 Å². The minimum absolute atomic E-state index is 0.0117. The van der Waals surface area contributed by atoms with Gasteiger partial charge in [0.2, 0.25) is 5.91 Å². The lowest BCUT2D eigenvalue weighted by Gasteiger charge is -2.13. The molecular weight excluding hydrogens is 438 g/mol. The minimum Gasteiger partial charge on any atom is -0.354 e. The van der Waals surface area contributed by atoms with Gasteiger partial charge in [-0.1, -0.05) is 29.8 Å². The lowest BCUT2D eigenvalue weighted by molar-refractivity contribution is -0.384. The molecule has 0 aromatic heterocycles. The van der Waals surface area contributed by atoms with Gasteiger partial charge in [-0.15, -0.1) is 11.8 Å². The summed E-state index contributed by atoms with van der Waals surface area (Å²) >= 11 is 2.12. The lowest BCUT2D eigenvalue weighted by atomic mass is 10.1. The maximum absolute atomic E-state index is 12.5. The van der Waals surface area contributed by atoms with Crippen LogP contribution >= 0.6 is 23.5 Å². The second-order valence-electron chi connectivity index (χ2n) is 6.63. The van der Waals surface area contributed by atoms with E-state index in [1.807, 2.05) is 31.2 Å². The molecule has 1 saturated heterocycles. The fraction of sp³-hybridized carbons (Fsp3) is 0.190. The molecule has 2 aromatic carbocycles. The van der Waals surface area contributed by atoms with E-state index in [1.54, 1.807) is 18.2 Å². The van der Waals surface area contributed by atoms with Gasteiger partial charge in [-0.2, -0.15) is 0 Å². The molecule has 0 atom stereocenters. The van der Waals surface area contributed by atoms with Crippen LogP contribution < -0.4 is 5.32 Å². The summed E-state index contributed by atoms with van der Waals surface area (Å²) in [6.45, 7) is 2.20. The van der Waals surface area contributed by atoms with Gasteiger partial charge in [-0.3, -0.25) is 29.4 Å². The number of imide groups is 1. The Labute approximate surface area is 187 Å². The maximum Gasteiger partial charge on any atom is 0.293 e. The van der Waals surface area contributed by atoms with Crippen LogP contribution in [0, 0.1) is 17.0 Å². The number of hydrogen-bond donors (Lipinski definition) is 1. The van der Waals surface area contributed by atoms with Gasteiger partial charge < -0.3 is 5.32 Å². The number of non-ortho nitro benzene ring substituents is 1. The Balaban J connectivity index is 1.45. The number of nitrogens with one attached hydrogen (secondary N) is 1. The van der Waals surface area contributed by atoms with Gasteiger partial charge in [0.1, 0.15) is 0 Å². The second-order valence-corrected chi connectivity index (χ2v) is 8.68. The molecule has 8 nitrogen and oxygen atoms in total. The first-order chi connectivity index (χ1) is 14.8. The summed E-state index contributed by atoms with van der Waals surface area (Å²) < 4.78 is 0. The van der Waals surface area contributed by atoms with Crippen LogP contribution in [-0.2, 0) is 9.59 Å². The number of nitro benzene ring substituents is 1. The number of nitro groups is 1. The molecule has 160 valence electrons. The summed E-state index contributed by atoms with van der Waals surface area (Å²) in [6, 6.07) is 13.5. The number of nitrogens with zero attached hydrogens (tertiary/aromatic N) is 2. The van der Waals surface area contributed by atoms with Crippen molar-refractivity contribution >= 4 is 52.3 Å². The molecule has 0 unspecified atom stereocenters. The molecule has 1 fully saturated rings. The molecule has 0 radical (unpaired) electrons. The van der Waals surface area contributed by atoms with Crippen LogP contribution in [-0.4, -0.2) is 45.7 Å². The molecule has 31 heavy (non-hydrogen) atoms. The van der Waals surface area contributed by atoms with Gasteiger partial charge in [0.15, 0.2) is 0 Å². The first kappa shape index (κ1) is 22.6. The van der Waals surface area contributed by atoms with Crippen molar-refractivity contribution in [3.05, 3.63) is 74.7 Å². The van der Waals surface area contributed by atoms with Crippen molar-refractivity contribution in [1.29, 1.82) is 0 Å². The highest BCUT2D eigenvalue weighted by atomic mass is 32.2. The Morgan fingerprint density at radius 2 is 1.84 bits per heavy atom. The Bertz CT molecular complexity index is 1040. The van der Waals surface area contributed by atoms with E-state index in [4.69, 9.17) is 0 Å². The maximum atomic E-state index is 12.5. The topological polar surface area (TPSA) is 110 Å². The predicted octanol–water partition coefficient (Wildman–Crippen LogP) is 3.85. The highest BCUT2D eigenvalue weighted by Crippen LogP contribution is 2.31. The molecule has 0 saturated carbocycles. The number of carbonyl (C=O) groups excluding carboxylic acids is 3. The molecule has 1 heterocycles. The van der Waals surface area contributed by atoms with E-state index in [9.17, 15) is 24.5 Å². The van der Waals surface area contributed by atoms with Crippen molar-refractivity contribution in [2.24, 2.45) is 0 Å². The first-order valence-electron chi connectivity index (χ1n) is 9.29. The predicted molar refractivity (Wildman–Crippen MR) is 121 cm³/mol. The van der Waals surface area contributed by atoms with Gasteiger partial charge in [-0.05, 0) is 42.5 Å². The lowest BCUT2D eigenvalue weighted by Crippen LogP contribution is -2.37. The second kappa shape index (κ2) is 10.3. The molecule has 0 bridgehead atoms. The molecule has 0 aliphatic carbocycles. The largest absolute Gasteiger partial charge is 0.354 e. The van der Waals surface area contributed by atoms with Crippen LogP contribution in [0.5, 0.6) is 0 Å². The number of carbonyl (C=O) groups is 3. The van der Waals surface area contributed by atoms with Crippen molar-refractivity contribution in [2.45, 2.75) is 11.8 Å². The molecule has 10 heteroatoms. The summed E-state index contributed by atoms with van der Waals surface area (Å²) in [5.41, 5.74) is 1.93. The number of benzene rings is 2. The van der Waals surface area contributed by atoms with E-state index in [0.29, 0.717) is 4.91 Å². The molecule has 1 aliphatic rings. The third kappa shape index (κ3) is 6.19. The fourth-order valence-corrected chi connectivity index (χ4v) is 4.27. The Hall–Kier alpha value is -3.11. The Morgan fingerprint density at radius 1 is 1.16 bits per heavy atom. The molecule has 1 aliphatic heterocycles. The number of aryl methyl sites for hydroxylation is 1. The zero-order valence-electron chi connectivity index (χ0n) is 16.6. The van der Waals surface area contributed by atoms with Crippen LogP contribution in [0.25, 0.3) is 6.08 Å². The summed E-state index contributed by atoms with van der Waals surface area (Å²) in [4.78, 5) is 49.1. The monoisotopic (exact) mass is 457 g/mol. The quantitative estimate of drug-likeness (QED) is 0.277. The van der Waals surface area contributed by atoms with Crippen LogP contribution in [0.1, 0.15) is 11.1 Å². The number of amides is 3. The van der Waals surface area contributed by atoms with Crippen molar-refractivity contribution in [1.82, 2.24) is 10.2 Å². The van der Waals surface area contributed by atoms with E-state index in [2.05, 4.69) is 5.32 Å². The van der Waals surface area contributed by atoms with Gasteiger partial charge in [0.05, 0.1) is 15.6 Å². The van der Waals surface area contributed by atoms with Crippen LogP contribution in [0.2, 0.25) is 0 Å². The van der Waals surface area contributed by atoms with Crippen LogP contribution in [0.15, 0.2) is 58.3 Å². The van der Waals surface area contributed by atoms with Crippen LogP contribution in [0.4, 0.5) is 10.5 Å². The molecule has 3 rings (SSSR count). The number of rotatable bonds is 8. The van der Waals surface area contributed by atoms with Crippen molar-refractivity contribution in [3.8, 4) is 0 Å². The summed E-state index contributed by atoms with van der Waals surface area (Å²) in [5, 5.41) is 13.0. The average Bonchev–Trinajstić information content (AvgIpc) is 3.01. The summed E-state index contributed by atoms with van der Waals surface area (Å²) in [7, 11) is 0. The van der Waals surface area contributed by atoms with Gasteiger partial charge in [0.25, 0.3) is 16.8 Å². The van der Waals surface area contributed by atoms with Crippen LogP contribution in [0.3, 0.4) is 0 Å². The highest BCUT2D eigenvalue weighted by molar-refractivity contribution is 8.18. The molecule has 0 spiro atoms. The van der Waals surface area contributed by atoms with Crippen molar-refractivity contribution < 1.29 is 19.3 Å². The van der Waals surface area contributed by atoms with Gasteiger partial charge in [-0.25, -0.2) is 0 Å². The normalized spacial score (nSPS) is 14.9. The fourth-order valence-electron chi connectivity index (χ4n) is 2.68. The zero-order chi connectivity index (χ0) is 22.4. The standard InChI is InChI=1S/C21H19N3O5S2/c1-14-2-4-15(5-3-14)12-18-20(26)23(21(27)31-18)11-10-22-19(25)13-30-17-8-6-16(7-9-17)24(28)29/h2-9,12H,10-11,13H2,1H3,(H,22,25). The zero-order valence-corrected chi connectivity index (χ0v) is 18.2. The Morgan fingerprint density at radius 3 is 2.48 bits per heavy atom. The third-order valence-corrected chi connectivity index (χ3v) is 6.24. The van der Waals surface area contributed by atoms with E-state index >= 15 is 0 Å². The molecule has 3 amide bonds. The van der Waals surface area contributed by atoms with Crippen molar-refractivity contribution in [3.63, 3.8) is 0 Å². The average molecular weight is 458 g/mol. The SMILES string of the molecule is Cc1ccc(C=C2SC(=O)N(CCNC(=O)CSc3ccc([N+](=O)[O-])cc3)C2=O)cc1. The van der Waals surface area contributed by atoms with E-state index < -0.39 is 4.92 Å². The summed E-state index contributed by atoms with van der Waals surface area (Å²) in [5.74, 6) is -0.511. The van der Waals surface area contributed by atoms with E-state index in [1.165, 1.54) is 23.9 Å². The molecular formula is C21H19N3O5S2. The first-order valence-corrected chi connectivity index (χ1v) is 11.1. The molecule has 1 N–H and O–H groups in total. The smallest absolute Gasteiger partial charge is 0.293 e. The highest BCUT2D eigenvalue weighted by Gasteiger charge is 2.34. The Kier molecular flexibility index (Phi) is 7.48. The van der Waals surface area contributed by atoms with Crippen molar-refractivity contribution in [2.75, 3.05) is 18.8 Å².